The van der Waals surface area contributed by atoms with Crippen molar-refractivity contribution in [2.45, 2.75) is 37.2 Å². The zero-order valence-corrected chi connectivity index (χ0v) is 19.9. The third-order valence-corrected chi connectivity index (χ3v) is 7.87. The summed E-state index contributed by atoms with van der Waals surface area (Å²) in [5.41, 5.74) is 2.45. The second-order valence-corrected chi connectivity index (χ2v) is 10.3. The maximum absolute atomic E-state index is 12.8. The van der Waals surface area contributed by atoms with Gasteiger partial charge in [-0.05, 0) is 49.9 Å². The molecule has 4 aliphatic rings. The molecule has 33 heavy (non-hydrogen) atoms. The van der Waals surface area contributed by atoms with Gasteiger partial charge in [0.2, 0.25) is 0 Å². The van der Waals surface area contributed by atoms with Crippen LogP contribution in [0.1, 0.15) is 31.2 Å². The minimum absolute atomic E-state index is 0.0492. The lowest BCUT2D eigenvalue weighted by atomic mass is 9.74. The van der Waals surface area contributed by atoms with Crippen LogP contribution >= 0.6 is 0 Å². The van der Waals surface area contributed by atoms with Gasteiger partial charge in [-0.15, -0.1) is 0 Å². The molecule has 8 nitrogen and oxygen atoms in total. The summed E-state index contributed by atoms with van der Waals surface area (Å²) in [4.78, 5) is 33.3. The van der Waals surface area contributed by atoms with Gasteiger partial charge >= 0.3 is 12.1 Å². The Balaban J connectivity index is 1.16. The molecule has 0 aromatic heterocycles. The van der Waals surface area contributed by atoms with E-state index in [4.69, 9.17) is 9.47 Å². The molecule has 4 aliphatic heterocycles. The van der Waals surface area contributed by atoms with E-state index < -0.39 is 0 Å². The van der Waals surface area contributed by atoms with Gasteiger partial charge in [-0.3, -0.25) is 4.90 Å². The van der Waals surface area contributed by atoms with E-state index in [-0.39, 0.29) is 23.6 Å². The Kier molecular flexibility index (Phi) is 6.22. The molecule has 3 fully saturated rings. The SMILES string of the molecule is CN(C)C(=O)N1CC2(CCN(C[C@H]3CCN(C(=O)OC4CCOC4)C3)CC2)c2ccccc21. The van der Waals surface area contributed by atoms with Crippen molar-refractivity contribution in [2.24, 2.45) is 5.92 Å². The van der Waals surface area contributed by atoms with Gasteiger partial charge < -0.3 is 24.2 Å². The van der Waals surface area contributed by atoms with Crippen molar-refractivity contribution in [3.63, 3.8) is 0 Å². The lowest BCUT2D eigenvalue weighted by molar-refractivity contribution is 0.0581. The number of carbonyl (C=O) groups is 2. The predicted octanol–water partition coefficient (Wildman–Crippen LogP) is 2.77. The number of hydrogen-bond donors (Lipinski definition) is 0. The van der Waals surface area contributed by atoms with Gasteiger partial charge in [0.1, 0.15) is 6.10 Å². The van der Waals surface area contributed by atoms with Gasteiger partial charge in [-0.25, -0.2) is 9.59 Å². The van der Waals surface area contributed by atoms with Gasteiger partial charge in [0.15, 0.2) is 0 Å². The molecule has 0 bridgehead atoms. The van der Waals surface area contributed by atoms with Crippen LogP contribution in [0.25, 0.3) is 0 Å². The molecule has 5 rings (SSSR count). The Morgan fingerprint density at radius 1 is 1.15 bits per heavy atom. The van der Waals surface area contributed by atoms with E-state index in [1.807, 2.05) is 30.0 Å². The van der Waals surface area contributed by atoms with Crippen LogP contribution in [-0.4, -0.2) is 99.5 Å². The highest BCUT2D eigenvalue weighted by atomic mass is 16.6. The van der Waals surface area contributed by atoms with E-state index in [1.165, 1.54) is 5.56 Å². The molecule has 0 N–H and O–H groups in total. The van der Waals surface area contributed by atoms with Gasteiger partial charge in [0.05, 0.1) is 13.2 Å². The standard InChI is InChI=1S/C25H36N4O4/c1-26(2)23(30)29-18-25(21-5-3-4-6-22(21)29)9-12-27(13-10-25)15-19-7-11-28(16-19)24(31)33-20-8-14-32-17-20/h3-6,19-20H,7-18H2,1-2H3/t19-,20?/m1/s1. The fourth-order valence-electron chi connectivity index (χ4n) is 5.97. The average Bonchev–Trinajstić information content (AvgIpc) is 3.56. The molecule has 8 heteroatoms. The molecule has 3 amide bonds. The molecule has 180 valence electrons. The van der Waals surface area contributed by atoms with Gasteiger partial charge in [0, 0.05) is 57.8 Å². The summed E-state index contributed by atoms with van der Waals surface area (Å²) >= 11 is 0. The Labute approximate surface area is 196 Å². The fraction of sp³-hybridized carbons (Fsp3) is 0.680. The highest BCUT2D eigenvalue weighted by Gasteiger charge is 2.46. The lowest BCUT2D eigenvalue weighted by Gasteiger charge is -2.40. The largest absolute Gasteiger partial charge is 0.444 e. The number of amides is 3. The third kappa shape index (κ3) is 4.43. The van der Waals surface area contributed by atoms with Crippen LogP contribution in [0.15, 0.2) is 24.3 Å². The molecule has 0 saturated carbocycles. The van der Waals surface area contributed by atoms with Crippen LogP contribution < -0.4 is 4.90 Å². The molecular weight excluding hydrogens is 420 g/mol. The second-order valence-electron chi connectivity index (χ2n) is 10.3. The van der Waals surface area contributed by atoms with Gasteiger partial charge in [-0.1, -0.05) is 18.2 Å². The molecule has 0 radical (unpaired) electrons. The Hall–Kier alpha value is -2.32. The monoisotopic (exact) mass is 456 g/mol. The molecule has 0 aliphatic carbocycles. The molecule has 1 unspecified atom stereocenters. The maximum Gasteiger partial charge on any atom is 0.410 e. The number of carbonyl (C=O) groups excluding carboxylic acids is 2. The maximum atomic E-state index is 12.8. The number of ether oxygens (including phenoxy) is 2. The zero-order chi connectivity index (χ0) is 23.0. The number of benzene rings is 1. The number of fused-ring (bicyclic) bond motifs is 2. The number of rotatable bonds is 3. The predicted molar refractivity (Wildman–Crippen MR) is 126 cm³/mol. The lowest BCUT2D eigenvalue weighted by Crippen LogP contribution is -2.48. The van der Waals surface area contributed by atoms with E-state index in [1.54, 1.807) is 4.90 Å². The number of urea groups is 1. The van der Waals surface area contributed by atoms with Crippen molar-refractivity contribution in [1.82, 2.24) is 14.7 Å². The van der Waals surface area contributed by atoms with E-state index in [2.05, 4.69) is 23.1 Å². The topological polar surface area (TPSA) is 65.6 Å². The first-order valence-electron chi connectivity index (χ1n) is 12.3. The Morgan fingerprint density at radius 2 is 1.94 bits per heavy atom. The number of hydrogen-bond acceptors (Lipinski definition) is 5. The molecule has 4 heterocycles. The second kappa shape index (κ2) is 9.14. The summed E-state index contributed by atoms with van der Waals surface area (Å²) in [6.45, 7) is 6.62. The Morgan fingerprint density at radius 3 is 2.67 bits per heavy atom. The van der Waals surface area contributed by atoms with E-state index in [0.717, 1.165) is 70.6 Å². The van der Waals surface area contributed by atoms with Crippen molar-refractivity contribution < 1.29 is 19.1 Å². The first kappa shape index (κ1) is 22.5. The number of piperidine rings is 1. The summed E-state index contributed by atoms with van der Waals surface area (Å²) < 4.78 is 10.9. The van der Waals surface area contributed by atoms with E-state index >= 15 is 0 Å². The molecule has 1 spiro atoms. The quantitative estimate of drug-likeness (QED) is 0.700. The van der Waals surface area contributed by atoms with Crippen LogP contribution in [0, 0.1) is 5.92 Å². The minimum Gasteiger partial charge on any atom is -0.444 e. The van der Waals surface area contributed by atoms with Crippen LogP contribution in [0.3, 0.4) is 0 Å². The van der Waals surface area contributed by atoms with Crippen molar-refractivity contribution in [3.8, 4) is 0 Å². The fourth-order valence-corrected chi connectivity index (χ4v) is 5.97. The van der Waals surface area contributed by atoms with Crippen LogP contribution in [0.5, 0.6) is 0 Å². The molecular formula is C25H36N4O4. The average molecular weight is 457 g/mol. The van der Waals surface area contributed by atoms with Crippen molar-refractivity contribution in [1.29, 1.82) is 0 Å². The molecule has 1 aromatic rings. The van der Waals surface area contributed by atoms with Crippen molar-refractivity contribution >= 4 is 17.8 Å². The Bertz CT molecular complexity index is 877. The number of para-hydroxylation sites is 1. The molecule has 1 aromatic carbocycles. The van der Waals surface area contributed by atoms with E-state index in [9.17, 15) is 9.59 Å². The van der Waals surface area contributed by atoms with Gasteiger partial charge in [-0.2, -0.15) is 0 Å². The third-order valence-electron chi connectivity index (χ3n) is 7.87. The normalized spacial score (nSPS) is 26.6. The van der Waals surface area contributed by atoms with Crippen molar-refractivity contribution in [3.05, 3.63) is 29.8 Å². The molecule has 3 saturated heterocycles. The van der Waals surface area contributed by atoms with Crippen LogP contribution in [0.2, 0.25) is 0 Å². The van der Waals surface area contributed by atoms with Gasteiger partial charge in [0.25, 0.3) is 0 Å². The highest BCUT2D eigenvalue weighted by Crippen LogP contribution is 2.47. The van der Waals surface area contributed by atoms with Crippen LogP contribution in [-0.2, 0) is 14.9 Å². The minimum atomic E-state index is -0.182. The smallest absolute Gasteiger partial charge is 0.410 e. The summed E-state index contributed by atoms with van der Waals surface area (Å²) in [6, 6.07) is 8.48. The summed E-state index contributed by atoms with van der Waals surface area (Å²) in [7, 11) is 3.64. The number of anilines is 1. The van der Waals surface area contributed by atoms with E-state index in [0.29, 0.717) is 19.1 Å². The number of nitrogens with zero attached hydrogens (tertiary/aromatic N) is 4. The summed E-state index contributed by atoms with van der Waals surface area (Å²) in [6.07, 6.45) is 3.69. The zero-order valence-electron chi connectivity index (χ0n) is 19.9. The summed E-state index contributed by atoms with van der Waals surface area (Å²) in [5, 5.41) is 0. The molecule has 2 atom stereocenters. The first-order valence-corrected chi connectivity index (χ1v) is 12.3. The first-order chi connectivity index (χ1) is 15.9. The highest BCUT2D eigenvalue weighted by molar-refractivity contribution is 5.95. The number of likely N-dealkylation sites (tertiary alicyclic amines) is 2. The van der Waals surface area contributed by atoms with Crippen LogP contribution in [0.4, 0.5) is 15.3 Å². The summed E-state index contributed by atoms with van der Waals surface area (Å²) in [5.74, 6) is 0.495. The van der Waals surface area contributed by atoms with Crippen molar-refractivity contribution in [2.75, 3.05) is 71.5 Å².